The normalized spacial score (nSPS) is 17.0. The van der Waals surface area contributed by atoms with E-state index >= 15 is 0 Å². The van der Waals surface area contributed by atoms with Gasteiger partial charge in [-0.05, 0) is 71.7 Å². The first-order valence-corrected chi connectivity index (χ1v) is 20.9. The number of carbonyl (C=O) groups is 3. The molecule has 7 aromatic rings. The van der Waals surface area contributed by atoms with E-state index in [4.69, 9.17) is 14.7 Å². The van der Waals surface area contributed by atoms with E-state index in [-0.39, 0.29) is 23.8 Å². The molecule has 0 bridgehead atoms. The van der Waals surface area contributed by atoms with Crippen LogP contribution in [0.3, 0.4) is 0 Å². The molecule has 2 aliphatic rings. The zero-order chi connectivity index (χ0) is 41.7. The lowest BCUT2D eigenvalue weighted by Crippen LogP contribution is -2.42. The van der Waals surface area contributed by atoms with Gasteiger partial charge in [0, 0.05) is 24.2 Å². The molecule has 4 heterocycles. The van der Waals surface area contributed by atoms with Crippen LogP contribution in [-0.2, 0) is 16.1 Å². The van der Waals surface area contributed by atoms with Gasteiger partial charge >= 0.3 is 6.09 Å². The summed E-state index contributed by atoms with van der Waals surface area (Å²) in [6.45, 7) is 2.29. The number of benzene rings is 5. The Balaban J connectivity index is 0.840. The van der Waals surface area contributed by atoms with E-state index in [9.17, 15) is 14.4 Å². The minimum Gasteiger partial charge on any atom is -0.453 e. The van der Waals surface area contributed by atoms with Crippen molar-refractivity contribution in [3.63, 3.8) is 0 Å². The van der Waals surface area contributed by atoms with Crippen LogP contribution in [-0.4, -0.2) is 67.7 Å². The molecule has 11 nitrogen and oxygen atoms in total. The highest BCUT2D eigenvalue weighted by molar-refractivity contribution is 6.09. The van der Waals surface area contributed by atoms with E-state index in [1.54, 1.807) is 4.90 Å². The zero-order valence-corrected chi connectivity index (χ0v) is 34.0. The molecule has 0 aliphatic carbocycles. The summed E-state index contributed by atoms with van der Waals surface area (Å²) in [5, 5.41) is 2.72. The summed E-state index contributed by atoms with van der Waals surface area (Å²) in [6.07, 6.45) is 6.79. The number of H-pyrrole nitrogens is 2. The van der Waals surface area contributed by atoms with Gasteiger partial charge in [0.05, 0.1) is 43.0 Å². The molecule has 11 heteroatoms. The molecule has 0 unspecified atom stereocenters. The first-order valence-electron chi connectivity index (χ1n) is 20.9. The molecule has 0 radical (unpaired) electrons. The van der Waals surface area contributed by atoms with Gasteiger partial charge in [0.15, 0.2) is 5.78 Å². The monoisotopic (exact) mass is 809 g/mol. The SMILES string of the molecule is COC(=O)N[C@@H](C(=O)N1CCC[C@H]1c1ncc(-c2ccc(-c3ccc(-c4cnc([C@@H]5CCCN5Cc5cccc(C(=O)c6ccccc6)c5)[nH]4)cc3)cc2)[nH]1)c1ccccc1. The van der Waals surface area contributed by atoms with Crippen molar-refractivity contribution in [2.24, 2.45) is 0 Å². The lowest BCUT2D eigenvalue weighted by atomic mass is 10.0. The van der Waals surface area contributed by atoms with Gasteiger partial charge in [-0.15, -0.1) is 0 Å². The molecule has 61 heavy (non-hydrogen) atoms. The Kier molecular flexibility index (Phi) is 11.4. The number of methoxy groups -OCH3 is 1. The van der Waals surface area contributed by atoms with E-state index in [0.717, 1.165) is 89.6 Å². The lowest BCUT2D eigenvalue weighted by Gasteiger charge is -2.28. The first kappa shape index (κ1) is 39.4. The Morgan fingerprint density at radius 3 is 1.87 bits per heavy atom. The van der Waals surface area contributed by atoms with E-state index < -0.39 is 12.1 Å². The van der Waals surface area contributed by atoms with Gasteiger partial charge in [-0.1, -0.05) is 127 Å². The van der Waals surface area contributed by atoms with Gasteiger partial charge in [0.25, 0.3) is 5.91 Å². The third-order valence-corrected chi connectivity index (χ3v) is 11.9. The Morgan fingerprint density at radius 2 is 1.23 bits per heavy atom. The predicted octanol–water partition coefficient (Wildman–Crippen LogP) is 9.46. The molecule has 0 spiro atoms. The van der Waals surface area contributed by atoms with Crippen LogP contribution in [0.1, 0.15) is 82.5 Å². The number of hydrogen-bond donors (Lipinski definition) is 3. The molecule has 3 atom stereocenters. The van der Waals surface area contributed by atoms with Gasteiger partial charge in [-0.25, -0.2) is 14.8 Å². The van der Waals surface area contributed by atoms with Crippen molar-refractivity contribution in [3.05, 3.63) is 180 Å². The van der Waals surface area contributed by atoms with Crippen LogP contribution in [0.2, 0.25) is 0 Å². The van der Waals surface area contributed by atoms with Crippen molar-refractivity contribution < 1.29 is 19.1 Å². The number of rotatable bonds is 12. The third kappa shape index (κ3) is 8.51. The second kappa shape index (κ2) is 17.6. The lowest BCUT2D eigenvalue weighted by molar-refractivity contribution is -0.134. The van der Waals surface area contributed by atoms with Crippen LogP contribution in [0.15, 0.2) is 146 Å². The fourth-order valence-corrected chi connectivity index (χ4v) is 8.71. The van der Waals surface area contributed by atoms with Gasteiger partial charge in [0.2, 0.25) is 0 Å². The van der Waals surface area contributed by atoms with E-state index in [1.807, 2.05) is 91.3 Å². The topological polar surface area (TPSA) is 136 Å². The molecule has 2 amide bonds. The standard InChI is InChI=1S/C50H47N7O4/c1-61-50(60)55-45(38-12-4-2-5-13-38)49(59)57-28-10-18-44(57)48-52-31-42(54-48)37-25-21-35(22-26-37)34-19-23-36(24-20-34)41-30-51-47(53-41)43-17-9-27-56(43)32-33-11-8-16-40(29-33)46(58)39-14-6-3-7-15-39/h2-8,11-16,19-26,29-31,43-45H,9-10,17-18,27-28,32H2,1H3,(H,51,53)(H,52,54)(H,55,60)/t43-,44-,45+/m0/s1. The molecular weight excluding hydrogens is 763 g/mol. The summed E-state index contributed by atoms with van der Waals surface area (Å²) in [7, 11) is 1.29. The van der Waals surface area contributed by atoms with Crippen LogP contribution in [0.25, 0.3) is 33.6 Å². The van der Waals surface area contributed by atoms with E-state index in [1.165, 1.54) is 7.11 Å². The fraction of sp³-hybridized carbons (Fsp3) is 0.220. The summed E-state index contributed by atoms with van der Waals surface area (Å²) >= 11 is 0. The quantitative estimate of drug-likeness (QED) is 0.105. The summed E-state index contributed by atoms with van der Waals surface area (Å²) in [5.74, 6) is 1.52. The maximum absolute atomic E-state index is 13.9. The second-order valence-electron chi connectivity index (χ2n) is 15.7. The Bertz CT molecular complexity index is 2620. The number of likely N-dealkylation sites (tertiary alicyclic amines) is 2. The van der Waals surface area contributed by atoms with Crippen molar-refractivity contribution in [1.82, 2.24) is 35.1 Å². The van der Waals surface area contributed by atoms with Gasteiger partial charge in [0.1, 0.15) is 17.7 Å². The smallest absolute Gasteiger partial charge is 0.407 e. The molecule has 306 valence electrons. The number of aromatic nitrogens is 4. The molecule has 2 saturated heterocycles. The van der Waals surface area contributed by atoms with Crippen LogP contribution < -0.4 is 5.32 Å². The largest absolute Gasteiger partial charge is 0.453 e. The molecular formula is C50H47N7O4. The summed E-state index contributed by atoms with van der Waals surface area (Å²) in [6, 6.07) is 42.6. The highest BCUT2D eigenvalue weighted by atomic mass is 16.5. The first-order chi connectivity index (χ1) is 29.9. The molecule has 0 saturated carbocycles. The average molecular weight is 810 g/mol. The van der Waals surface area contributed by atoms with Crippen LogP contribution in [0.5, 0.6) is 0 Å². The fourth-order valence-electron chi connectivity index (χ4n) is 8.71. The number of amides is 2. The minimum absolute atomic E-state index is 0.0394. The van der Waals surface area contributed by atoms with Crippen molar-refractivity contribution in [3.8, 4) is 33.6 Å². The number of ketones is 1. The second-order valence-corrected chi connectivity index (χ2v) is 15.7. The molecule has 2 fully saturated rings. The average Bonchev–Trinajstić information content (AvgIpc) is 4.17. The number of imidazole rings is 2. The molecule has 2 aliphatic heterocycles. The Hall–Kier alpha value is -7.11. The highest BCUT2D eigenvalue weighted by Crippen LogP contribution is 2.36. The number of carbonyl (C=O) groups excluding carboxylic acids is 3. The van der Waals surface area contributed by atoms with Crippen molar-refractivity contribution in [1.29, 1.82) is 0 Å². The number of nitrogens with zero attached hydrogens (tertiary/aromatic N) is 4. The number of alkyl carbamates (subject to hydrolysis) is 1. The van der Waals surface area contributed by atoms with E-state index in [0.29, 0.717) is 23.2 Å². The number of aromatic amines is 2. The van der Waals surface area contributed by atoms with Crippen molar-refractivity contribution in [2.75, 3.05) is 20.2 Å². The third-order valence-electron chi connectivity index (χ3n) is 11.9. The van der Waals surface area contributed by atoms with Crippen molar-refractivity contribution in [2.45, 2.75) is 50.4 Å². The van der Waals surface area contributed by atoms with Gasteiger partial charge in [-0.2, -0.15) is 0 Å². The van der Waals surface area contributed by atoms with E-state index in [2.05, 4.69) is 74.8 Å². The summed E-state index contributed by atoms with van der Waals surface area (Å²) in [5.41, 5.74) is 9.31. The van der Waals surface area contributed by atoms with Crippen LogP contribution in [0, 0.1) is 0 Å². The zero-order valence-electron chi connectivity index (χ0n) is 34.0. The summed E-state index contributed by atoms with van der Waals surface area (Å²) < 4.78 is 4.84. The van der Waals surface area contributed by atoms with Gasteiger partial charge in [-0.3, -0.25) is 14.5 Å². The number of nitrogens with one attached hydrogen (secondary N) is 3. The van der Waals surface area contributed by atoms with Crippen LogP contribution in [0.4, 0.5) is 4.79 Å². The molecule has 2 aromatic heterocycles. The predicted molar refractivity (Wildman–Crippen MR) is 234 cm³/mol. The molecule has 5 aromatic carbocycles. The molecule has 3 N–H and O–H groups in total. The van der Waals surface area contributed by atoms with Gasteiger partial charge < -0.3 is 24.9 Å². The molecule has 9 rings (SSSR count). The highest BCUT2D eigenvalue weighted by Gasteiger charge is 2.37. The number of ether oxygens (including phenoxy) is 1. The summed E-state index contributed by atoms with van der Waals surface area (Å²) in [4.78, 5) is 60.2. The number of hydrogen-bond acceptors (Lipinski definition) is 7. The van der Waals surface area contributed by atoms with Crippen LogP contribution >= 0.6 is 0 Å². The Morgan fingerprint density at radius 1 is 0.672 bits per heavy atom. The minimum atomic E-state index is -0.869. The Labute approximate surface area is 354 Å². The maximum atomic E-state index is 13.9. The maximum Gasteiger partial charge on any atom is 0.407 e. The van der Waals surface area contributed by atoms with Crippen molar-refractivity contribution >= 4 is 17.8 Å².